The van der Waals surface area contributed by atoms with Gasteiger partial charge in [-0.2, -0.15) is 0 Å². The predicted molar refractivity (Wildman–Crippen MR) is 116 cm³/mol. The number of anilines is 1. The predicted octanol–water partition coefficient (Wildman–Crippen LogP) is 1.03. The average molecular weight is 447 g/mol. The van der Waals surface area contributed by atoms with Crippen molar-refractivity contribution in [2.24, 2.45) is 0 Å². The van der Waals surface area contributed by atoms with Gasteiger partial charge in [-0.05, 0) is 30.5 Å². The minimum atomic E-state index is -2.91. The van der Waals surface area contributed by atoms with Gasteiger partial charge < -0.3 is 21.1 Å². The molecule has 1 unspecified atom stereocenters. The van der Waals surface area contributed by atoms with Gasteiger partial charge >= 0.3 is 0 Å². The second kappa shape index (κ2) is 9.85. The van der Waals surface area contributed by atoms with Gasteiger partial charge in [0.25, 0.3) is 11.8 Å². The first-order valence-electron chi connectivity index (χ1n) is 10.8. The number of fused-ring (bicyclic) bond motifs is 1. The summed E-state index contributed by atoms with van der Waals surface area (Å²) in [6, 6.07) is 8.55. The highest BCUT2D eigenvalue weighted by molar-refractivity contribution is 5.92. The topological polar surface area (TPSA) is 102 Å². The molecule has 4 rings (SSSR count). The Morgan fingerprint density at radius 1 is 1.31 bits per heavy atom. The van der Waals surface area contributed by atoms with Crippen LogP contribution in [0.4, 0.5) is 14.6 Å². The van der Waals surface area contributed by atoms with Crippen LogP contribution in [0.15, 0.2) is 36.7 Å². The van der Waals surface area contributed by atoms with Gasteiger partial charge in [-0.25, -0.2) is 18.7 Å². The van der Waals surface area contributed by atoms with Crippen LogP contribution in [0.3, 0.4) is 0 Å². The highest BCUT2D eigenvalue weighted by Gasteiger charge is 2.41. The molecule has 2 atom stereocenters. The highest BCUT2D eigenvalue weighted by Crippen LogP contribution is 2.26. The molecule has 1 aromatic heterocycles. The molecule has 1 aromatic carbocycles. The smallest absolute Gasteiger partial charge is 0.279 e. The number of hydrogen-bond acceptors (Lipinski definition) is 7. The molecule has 3 heterocycles. The van der Waals surface area contributed by atoms with Gasteiger partial charge in [0.2, 0.25) is 0 Å². The number of halogens is 2. The van der Waals surface area contributed by atoms with E-state index in [0.29, 0.717) is 13.1 Å². The van der Waals surface area contributed by atoms with Crippen LogP contribution in [-0.2, 0) is 13.0 Å². The third-order valence-corrected chi connectivity index (χ3v) is 5.88. The van der Waals surface area contributed by atoms with Crippen LogP contribution in [-0.4, -0.2) is 76.7 Å². The van der Waals surface area contributed by atoms with Gasteiger partial charge in [-0.3, -0.25) is 9.69 Å². The number of aliphatic hydroxyl groups is 1. The zero-order valence-corrected chi connectivity index (χ0v) is 17.7. The van der Waals surface area contributed by atoms with Crippen LogP contribution < -0.4 is 16.0 Å². The van der Waals surface area contributed by atoms with Crippen molar-refractivity contribution in [3.8, 4) is 0 Å². The second-order valence-corrected chi connectivity index (χ2v) is 8.33. The Hall–Kier alpha value is -2.69. The minimum absolute atomic E-state index is 0.0545. The van der Waals surface area contributed by atoms with Crippen molar-refractivity contribution in [3.63, 3.8) is 0 Å². The molecule has 8 nitrogen and oxygen atoms in total. The van der Waals surface area contributed by atoms with E-state index >= 15 is 0 Å². The Bertz CT molecular complexity index is 944. The standard InChI is InChI=1S/C22H28F2N6O2/c23-22(24)13-25-7-5-19(22)29-20-9-18(27-14-28-20)21(32)26-10-17(31)12-30-8-6-15-3-1-2-4-16(15)11-30/h1-4,9,14,17,19,25,31H,5-8,10-13H2,(H,26,32)(H,27,28,29)/t17-,19?/m0/s1. The molecule has 0 radical (unpaired) electrons. The molecule has 0 bridgehead atoms. The van der Waals surface area contributed by atoms with E-state index in [2.05, 4.69) is 43.0 Å². The maximum absolute atomic E-state index is 14.0. The number of nitrogens with zero attached hydrogens (tertiary/aromatic N) is 3. The SMILES string of the molecule is O=C(NC[C@H](O)CN1CCc2ccccc2C1)c1cc(NC2CCNCC2(F)F)ncn1. The number of nitrogens with one attached hydrogen (secondary N) is 3. The maximum atomic E-state index is 14.0. The quantitative estimate of drug-likeness (QED) is 0.504. The Morgan fingerprint density at radius 3 is 2.94 bits per heavy atom. The largest absolute Gasteiger partial charge is 0.390 e. The number of carbonyl (C=O) groups excluding carboxylic acids is 1. The van der Waals surface area contributed by atoms with E-state index in [1.807, 2.05) is 12.1 Å². The van der Waals surface area contributed by atoms with E-state index < -0.39 is 30.5 Å². The molecular weight excluding hydrogens is 418 g/mol. The van der Waals surface area contributed by atoms with Crippen molar-refractivity contribution < 1.29 is 18.7 Å². The summed E-state index contributed by atoms with van der Waals surface area (Å²) in [6.45, 7) is 2.20. The summed E-state index contributed by atoms with van der Waals surface area (Å²) >= 11 is 0. The van der Waals surface area contributed by atoms with Crippen LogP contribution in [0.1, 0.15) is 28.0 Å². The zero-order valence-electron chi connectivity index (χ0n) is 17.7. The van der Waals surface area contributed by atoms with E-state index in [1.165, 1.54) is 17.2 Å². The summed E-state index contributed by atoms with van der Waals surface area (Å²) in [7, 11) is 0. The normalized spacial score (nSPS) is 21.4. The molecule has 1 amide bonds. The molecule has 0 saturated carbocycles. The lowest BCUT2D eigenvalue weighted by atomic mass is 10.00. The Labute approximate surface area is 185 Å². The number of β-amino-alcohol motifs (C(OH)–C–C–N with tert-alkyl or cyclic N) is 1. The summed E-state index contributed by atoms with van der Waals surface area (Å²) < 4.78 is 28.0. The fourth-order valence-corrected chi connectivity index (χ4v) is 4.13. The first-order valence-corrected chi connectivity index (χ1v) is 10.8. The first-order chi connectivity index (χ1) is 15.4. The number of piperidine rings is 1. The number of rotatable bonds is 7. The van der Waals surface area contributed by atoms with Crippen molar-refractivity contribution in [2.75, 3.05) is 38.0 Å². The van der Waals surface area contributed by atoms with Gasteiger partial charge in [-0.15, -0.1) is 0 Å². The third kappa shape index (κ3) is 5.56. The summed E-state index contributed by atoms with van der Waals surface area (Å²) in [5.74, 6) is -3.23. The number of amides is 1. The molecule has 1 fully saturated rings. The summed E-state index contributed by atoms with van der Waals surface area (Å²) in [6.07, 6.45) is 1.60. The minimum Gasteiger partial charge on any atom is -0.390 e. The van der Waals surface area contributed by atoms with E-state index in [9.17, 15) is 18.7 Å². The Balaban J connectivity index is 1.27. The number of benzene rings is 1. The molecule has 1 saturated heterocycles. The summed E-state index contributed by atoms with van der Waals surface area (Å²) in [5.41, 5.74) is 2.65. The van der Waals surface area contributed by atoms with Gasteiger partial charge in [0, 0.05) is 32.2 Å². The first kappa shape index (κ1) is 22.5. The second-order valence-electron chi connectivity index (χ2n) is 8.33. The van der Waals surface area contributed by atoms with Crippen LogP contribution in [0.25, 0.3) is 0 Å². The van der Waals surface area contributed by atoms with E-state index in [1.54, 1.807) is 0 Å². The van der Waals surface area contributed by atoms with Crippen molar-refractivity contribution in [1.29, 1.82) is 0 Å². The lowest BCUT2D eigenvalue weighted by molar-refractivity contribution is -0.0322. The Kier molecular flexibility index (Phi) is 6.92. The molecule has 172 valence electrons. The van der Waals surface area contributed by atoms with Gasteiger partial charge in [0.15, 0.2) is 0 Å². The molecule has 10 heteroatoms. The lowest BCUT2D eigenvalue weighted by Gasteiger charge is -2.32. The van der Waals surface area contributed by atoms with Crippen LogP contribution in [0.5, 0.6) is 0 Å². The number of carbonyl (C=O) groups is 1. The van der Waals surface area contributed by atoms with Crippen molar-refractivity contribution in [2.45, 2.75) is 37.5 Å². The van der Waals surface area contributed by atoms with E-state index in [-0.39, 0.29) is 24.5 Å². The number of alkyl halides is 2. The third-order valence-electron chi connectivity index (χ3n) is 5.88. The van der Waals surface area contributed by atoms with Gasteiger partial charge in [0.05, 0.1) is 18.7 Å². The maximum Gasteiger partial charge on any atom is 0.279 e. The highest BCUT2D eigenvalue weighted by atomic mass is 19.3. The molecule has 2 aromatic rings. The number of hydrogen-bond donors (Lipinski definition) is 4. The summed E-state index contributed by atoms with van der Waals surface area (Å²) in [5, 5.41) is 18.4. The molecule has 2 aliphatic rings. The molecule has 2 aliphatic heterocycles. The summed E-state index contributed by atoms with van der Waals surface area (Å²) in [4.78, 5) is 22.5. The van der Waals surface area contributed by atoms with Crippen LogP contribution in [0.2, 0.25) is 0 Å². The lowest BCUT2D eigenvalue weighted by Crippen LogP contribution is -2.53. The van der Waals surface area contributed by atoms with Crippen LogP contribution in [0, 0.1) is 0 Å². The fourth-order valence-electron chi connectivity index (χ4n) is 4.13. The van der Waals surface area contributed by atoms with Crippen LogP contribution >= 0.6 is 0 Å². The fraction of sp³-hybridized carbons (Fsp3) is 0.500. The van der Waals surface area contributed by atoms with E-state index in [4.69, 9.17) is 0 Å². The van der Waals surface area contributed by atoms with Gasteiger partial charge in [0.1, 0.15) is 17.8 Å². The molecule has 0 aliphatic carbocycles. The molecule has 4 N–H and O–H groups in total. The van der Waals surface area contributed by atoms with Gasteiger partial charge in [-0.1, -0.05) is 24.3 Å². The van der Waals surface area contributed by atoms with Crippen molar-refractivity contribution in [3.05, 3.63) is 53.5 Å². The Morgan fingerprint density at radius 2 is 2.12 bits per heavy atom. The molecule has 0 spiro atoms. The van der Waals surface area contributed by atoms with Crippen molar-refractivity contribution in [1.82, 2.24) is 25.5 Å². The monoisotopic (exact) mass is 446 g/mol. The zero-order chi connectivity index (χ0) is 22.6. The number of aromatic nitrogens is 2. The van der Waals surface area contributed by atoms with Crippen molar-refractivity contribution >= 4 is 11.7 Å². The molecular formula is C22H28F2N6O2. The molecule has 32 heavy (non-hydrogen) atoms. The average Bonchev–Trinajstić information content (AvgIpc) is 2.79. The number of aliphatic hydroxyl groups excluding tert-OH is 1. The van der Waals surface area contributed by atoms with E-state index in [0.717, 1.165) is 25.8 Å².